The summed E-state index contributed by atoms with van der Waals surface area (Å²) in [5, 5.41) is 22.4. The Morgan fingerprint density at radius 2 is 1.89 bits per heavy atom. The van der Waals surface area contributed by atoms with Crippen molar-refractivity contribution in [3.8, 4) is 11.8 Å². The molecule has 3 aromatic rings. The molecule has 3 fully saturated rings. The number of aliphatic hydroxyl groups is 2. The fourth-order valence-electron chi connectivity index (χ4n) is 4.62. The molecule has 2 aromatic heterocycles. The summed E-state index contributed by atoms with van der Waals surface area (Å²) in [6.45, 7) is 0.773. The number of aromatic amines is 1. The van der Waals surface area contributed by atoms with Crippen LogP contribution in [0.4, 0.5) is 14.6 Å². The van der Waals surface area contributed by atoms with Crippen LogP contribution in [-0.2, 0) is 20.8 Å². The smallest absolute Gasteiger partial charge is 0.296 e. The number of hydrogen-bond acceptors (Lipinski definition) is 10. The molecule has 0 unspecified atom stereocenters. The predicted octanol–water partition coefficient (Wildman–Crippen LogP) is 1.80. The van der Waals surface area contributed by atoms with Crippen molar-refractivity contribution in [2.75, 3.05) is 45.0 Å². The second kappa shape index (κ2) is 10.1. The molecular formula is C24H25ClF2N4O7. The molecule has 3 aliphatic rings. The van der Waals surface area contributed by atoms with E-state index in [1.807, 2.05) is 0 Å². The second-order valence-electron chi connectivity index (χ2n) is 9.71. The van der Waals surface area contributed by atoms with Crippen LogP contribution in [0.1, 0.15) is 5.56 Å². The van der Waals surface area contributed by atoms with Gasteiger partial charge in [0.15, 0.2) is 11.8 Å². The van der Waals surface area contributed by atoms with Crippen LogP contribution < -0.4 is 14.8 Å². The van der Waals surface area contributed by atoms with Crippen molar-refractivity contribution in [3.63, 3.8) is 0 Å². The van der Waals surface area contributed by atoms with Gasteiger partial charge < -0.3 is 44.2 Å². The van der Waals surface area contributed by atoms with Gasteiger partial charge in [-0.25, -0.2) is 13.8 Å². The summed E-state index contributed by atoms with van der Waals surface area (Å²) in [4.78, 5) is 11.6. The Labute approximate surface area is 220 Å². The van der Waals surface area contributed by atoms with E-state index < -0.39 is 41.5 Å². The predicted molar refractivity (Wildman–Crippen MR) is 128 cm³/mol. The van der Waals surface area contributed by atoms with Gasteiger partial charge in [-0.15, -0.1) is 0 Å². The zero-order chi connectivity index (χ0) is 26.4. The first-order chi connectivity index (χ1) is 18.3. The largest absolute Gasteiger partial charge is 0.493 e. The quantitative estimate of drug-likeness (QED) is 0.309. The molecule has 4 atom stereocenters. The molecule has 6 rings (SSSR count). The highest BCUT2D eigenvalue weighted by molar-refractivity contribution is 6.33. The number of hydrogen-bond donors (Lipinski definition) is 4. The molecule has 3 saturated heterocycles. The van der Waals surface area contributed by atoms with E-state index >= 15 is 0 Å². The number of H-pyrrole nitrogens is 1. The number of pyridine rings is 1. The minimum Gasteiger partial charge on any atom is -0.493 e. The number of rotatable bonds is 9. The van der Waals surface area contributed by atoms with Gasteiger partial charge >= 0.3 is 0 Å². The zero-order valence-corrected chi connectivity index (χ0v) is 20.7. The van der Waals surface area contributed by atoms with E-state index in [-0.39, 0.29) is 66.8 Å². The number of benzene rings is 1. The molecule has 38 heavy (non-hydrogen) atoms. The van der Waals surface area contributed by atoms with Crippen molar-refractivity contribution in [1.82, 2.24) is 15.0 Å². The Balaban J connectivity index is 1.12. The summed E-state index contributed by atoms with van der Waals surface area (Å²) in [7, 11) is 0. The summed E-state index contributed by atoms with van der Waals surface area (Å²) in [6.07, 6.45) is -2.00. The molecule has 14 heteroatoms. The Morgan fingerprint density at radius 3 is 2.61 bits per heavy atom. The van der Waals surface area contributed by atoms with Gasteiger partial charge in [0.25, 0.3) is 6.01 Å². The molecule has 0 bridgehead atoms. The molecule has 0 aliphatic carbocycles. The van der Waals surface area contributed by atoms with Crippen LogP contribution >= 0.6 is 11.6 Å². The maximum atomic E-state index is 14.7. The van der Waals surface area contributed by atoms with E-state index in [1.165, 1.54) is 0 Å². The number of aromatic nitrogens is 3. The summed E-state index contributed by atoms with van der Waals surface area (Å²) in [5.41, 5.74) is -0.00221. The number of anilines is 1. The molecule has 1 aromatic carbocycles. The Bertz CT molecular complexity index is 1310. The number of aliphatic hydroxyl groups excluding tert-OH is 2. The van der Waals surface area contributed by atoms with Crippen molar-refractivity contribution in [3.05, 3.63) is 40.4 Å². The molecular weight excluding hydrogens is 530 g/mol. The van der Waals surface area contributed by atoms with Gasteiger partial charge in [0.2, 0.25) is 0 Å². The van der Waals surface area contributed by atoms with Crippen LogP contribution in [0.25, 0.3) is 11.2 Å². The lowest BCUT2D eigenvalue weighted by Gasteiger charge is -2.39. The molecule has 0 saturated carbocycles. The number of nitrogens with one attached hydrogen (secondary N) is 2. The van der Waals surface area contributed by atoms with Gasteiger partial charge in [-0.2, -0.15) is 4.98 Å². The first-order valence-corrected chi connectivity index (χ1v) is 12.4. The van der Waals surface area contributed by atoms with Gasteiger partial charge in [-0.3, -0.25) is 0 Å². The summed E-state index contributed by atoms with van der Waals surface area (Å²) < 4.78 is 57.0. The summed E-state index contributed by atoms with van der Waals surface area (Å²) >= 11 is 6.34. The Kier molecular flexibility index (Phi) is 6.74. The van der Waals surface area contributed by atoms with Crippen LogP contribution in [0, 0.1) is 17.0 Å². The van der Waals surface area contributed by atoms with Crippen molar-refractivity contribution in [2.45, 2.75) is 31.0 Å². The first-order valence-electron chi connectivity index (χ1n) is 12.0. The molecule has 0 amide bonds. The average Bonchev–Trinajstić information content (AvgIpc) is 3.55. The van der Waals surface area contributed by atoms with E-state index in [0.29, 0.717) is 18.7 Å². The lowest BCUT2D eigenvalue weighted by atomic mass is 9.88. The van der Waals surface area contributed by atoms with Crippen LogP contribution in [0.2, 0.25) is 5.02 Å². The number of fused-ring (bicyclic) bond motifs is 2. The lowest BCUT2D eigenvalue weighted by Crippen LogP contribution is -2.49. The van der Waals surface area contributed by atoms with E-state index in [4.69, 9.17) is 35.3 Å². The van der Waals surface area contributed by atoms with Crippen molar-refractivity contribution < 1.29 is 42.7 Å². The number of imidazole rings is 1. The average molecular weight is 555 g/mol. The summed E-state index contributed by atoms with van der Waals surface area (Å²) in [5.74, 6) is -1.42. The number of halogens is 3. The fraction of sp³-hybridized carbons (Fsp3) is 0.500. The molecule has 3 aliphatic heterocycles. The number of ether oxygens (including phenoxy) is 5. The third-order valence-electron chi connectivity index (χ3n) is 6.89. The maximum Gasteiger partial charge on any atom is 0.296 e. The Morgan fingerprint density at radius 1 is 1.13 bits per heavy atom. The number of nitrogens with zero attached hydrogens (tertiary/aromatic N) is 2. The van der Waals surface area contributed by atoms with Gasteiger partial charge in [-0.1, -0.05) is 11.6 Å². The topological polar surface area (TPSA) is 140 Å². The minimum absolute atomic E-state index is 0.0154. The fourth-order valence-corrected chi connectivity index (χ4v) is 4.83. The van der Waals surface area contributed by atoms with Gasteiger partial charge in [0, 0.05) is 24.2 Å². The molecule has 11 nitrogen and oxygen atoms in total. The van der Waals surface area contributed by atoms with Crippen LogP contribution in [0.3, 0.4) is 0 Å². The molecule has 5 heterocycles. The Hall–Kier alpha value is -2.81. The van der Waals surface area contributed by atoms with E-state index in [1.54, 1.807) is 6.07 Å². The monoisotopic (exact) mass is 554 g/mol. The molecule has 0 radical (unpaired) electrons. The molecule has 204 valence electrons. The highest BCUT2D eigenvalue weighted by atomic mass is 35.5. The third-order valence-corrected chi connectivity index (χ3v) is 7.18. The van der Waals surface area contributed by atoms with E-state index in [0.717, 1.165) is 12.1 Å². The normalized spacial score (nSPS) is 25.8. The summed E-state index contributed by atoms with van der Waals surface area (Å²) in [6, 6.07) is 3.92. The van der Waals surface area contributed by atoms with Crippen LogP contribution in [0.5, 0.6) is 11.8 Å². The first kappa shape index (κ1) is 25.5. The maximum absolute atomic E-state index is 14.7. The van der Waals surface area contributed by atoms with Crippen LogP contribution in [-0.4, -0.2) is 89.2 Å². The molecule has 4 N–H and O–H groups in total. The second-order valence-corrected chi connectivity index (χ2v) is 10.1. The van der Waals surface area contributed by atoms with E-state index in [2.05, 4.69) is 20.3 Å². The van der Waals surface area contributed by atoms with Gasteiger partial charge in [0.05, 0.1) is 49.0 Å². The highest BCUT2D eigenvalue weighted by Gasteiger charge is 2.48. The van der Waals surface area contributed by atoms with E-state index in [9.17, 15) is 19.0 Å². The third kappa shape index (κ3) is 4.74. The lowest BCUT2D eigenvalue weighted by molar-refractivity contribution is -0.153. The van der Waals surface area contributed by atoms with Gasteiger partial charge in [-0.05, 0) is 6.07 Å². The highest BCUT2D eigenvalue weighted by Crippen LogP contribution is 2.32. The van der Waals surface area contributed by atoms with Gasteiger partial charge in [0.1, 0.15) is 48.1 Å². The zero-order valence-electron chi connectivity index (χ0n) is 20.0. The van der Waals surface area contributed by atoms with Crippen LogP contribution in [0.15, 0.2) is 18.2 Å². The SMILES string of the molecule is OCC1(COc2cc(F)c(CNc3nc4nc(O[C@@H]5CO[C@H]6[C@@H]5OC[C@H]6O)[nH]c4cc3Cl)c(F)c2)COC1. The minimum atomic E-state index is -0.806. The van der Waals surface area contributed by atoms with Crippen molar-refractivity contribution >= 4 is 28.6 Å². The van der Waals surface area contributed by atoms with Crippen molar-refractivity contribution in [2.24, 2.45) is 5.41 Å². The molecule has 0 spiro atoms. The van der Waals surface area contributed by atoms with Crippen molar-refractivity contribution in [1.29, 1.82) is 0 Å². The standard InChI is InChI=1S/C24H25ClF2N4O7/c25-13-3-16-22(31-23(29-16)38-18-6-36-19-17(33)5-35-20(18)19)30-21(13)28-4-12-14(26)1-11(2-15(12)27)37-10-24(7-32)8-34-9-24/h1-3,17-20,32-33H,4-10H2,(H2,28,29,30,31)/t17-,18-,19-,20-/m1/s1.